The molecule has 0 saturated heterocycles. The highest BCUT2D eigenvalue weighted by molar-refractivity contribution is 5.38. The molecule has 0 aliphatic carbocycles. The van der Waals surface area contributed by atoms with Crippen LogP contribution >= 0.6 is 0 Å². The molecule has 0 aromatic heterocycles. The smallest absolute Gasteiger partial charge is 0.320 e. The normalized spacial score (nSPS) is 13.3. The summed E-state index contributed by atoms with van der Waals surface area (Å²) < 4.78 is 64.1. The molecule has 2 aromatic rings. The summed E-state index contributed by atoms with van der Waals surface area (Å²) in [5, 5.41) is 0. The highest BCUT2D eigenvalue weighted by atomic mass is 19.4. The van der Waals surface area contributed by atoms with E-state index in [0.717, 1.165) is 12.1 Å². The van der Waals surface area contributed by atoms with E-state index in [9.17, 15) is 22.0 Å². The fraction of sp³-hybridized carbons (Fsp3) is 0.200. The number of hydrogen-bond acceptors (Lipinski definition) is 1. The van der Waals surface area contributed by atoms with Crippen molar-refractivity contribution in [3.05, 3.63) is 70.3 Å². The van der Waals surface area contributed by atoms with Crippen LogP contribution in [0.4, 0.5) is 22.0 Å². The van der Waals surface area contributed by atoms with Crippen molar-refractivity contribution in [1.29, 1.82) is 0 Å². The first-order valence-corrected chi connectivity index (χ1v) is 6.08. The van der Waals surface area contributed by atoms with Crippen LogP contribution < -0.4 is 5.73 Å². The van der Waals surface area contributed by atoms with Gasteiger partial charge in [0.05, 0.1) is 11.6 Å². The summed E-state index contributed by atoms with van der Waals surface area (Å²) in [6, 6.07) is 5.60. The lowest BCUT2D eigenvalue weighted by Gasteiger charge is -2.17. The summed E-state index contributed by atoms with van der Waals surface area (Å²) >= 11 is 0. The molecule has 6 heteroatoms. The number of halogens is 5. The van der Waals surface area contributed by atoms with E-state index >= 15 is 0 Å². The lowest BCUT2D eigenvalue weighted by molar-refractivity contribution is -0.140. The van der Waals surface area contributed by atoms with E-state index in [1.807, 2.05) is 0 Å². The molecule has 21 heavy (non-hydrogen) atoms. The fourth-order valence-electron chi connectivity index (χ4n) is 2.12. The number of aryl methyl sites for hydroxylation is 1. The van der Waals surface area contributed by atoms with E-state index in [-0.39, 0.29) is 5.56 Å². The van der Waals surface area contributed by atoms with Crippen molar-refractivity contribution in [3.8, 4) is 0 Å². The van der Waals surface area contributed by atoms with E-state index in [1.165, 1.54) is 18.2 Å². The SMILES string of the molecule is Cc1cc(F)ccc1C(N)c1ccc(C(F)(F)F)c(F)c1. The second-order valence-electron chi connectivity index (χ2n) is 4.72. The molecule has 0 saturated carbocycles. The van der Waals surface area contributed by atoms with Gasteiger partial charge in [0.15, 0.2) is 0 Å². The van der Waals surface area contributed by atoms with Gasteiger partial charge in [0, 0.05) is 0 Å². The molecule has 2 aromatic carbocycles. The topological polar surface area (TPSA) is 26.0 Å². The van der Waals surface area contributed by atoms with Crippen LogP contribution in [0.3, 0.4) is 0 Å². The molecule has 112 valence electrons. The number of rotatable bonds is 2. The summed E-state index contributed by atoms with van der Waals surface area (Å²) in [6.07, 6.45) is -4.75. The van der Waals surface area contributed by atoms with Crippen LogP contribution in [0.5, 0.6) is 0 Å². The van der Waals surface area contributed by atoms with Crippen molar-refractivity contribution in [2.75, 3.05) is 0 Å². The third-order valence-corrected chi connectivity index (χ3v) is 3.22. The highest BCUT2D eigenvalue weighted by Crippen LogP contribution is 2.33. The van der Waals surface area contributed by atoms with Crippen molar-refractivity contribution in [2.45, 2.75) is 19.1 Å². The molecule has 1 unspecified atom stereocenters. The van der Waals surface area contributed by atoms with Crippen LogP contribution in [-0.2, 0) is 6.18 Å². The van der Waals surface area contributed by atoms with Gasteiger partial charge in [-0.05, 0) is 47.9 Å². The average Bonchev–Trinajstić information content (AvgIpc) is 2.36. The van der Waals surface area contributed by atoms with Gasteiger partial charge in [-0.1, -0.05) is 12.1 Å². The van der Waals surface area contributed by atoms with Gasteiger partial charge in [-0.2, -0.15) is 13.2 Å². The minimum absolute atomic E-state index is 0.190. The van der Waals surface area contributed by atoms with Crippen LogP contribution in [0.15, 0.2) is 36.4 Å². The van der Waals surface area contributed by atoms with Crippen molar-refractivity contribution in [1.82, 2.24) is 0 Å². The predicted molar refractivity (Wildman–Crippen MR) is 68.6 cm³/mol. The van der Waals surface area contributed by atoms with Crippen molar-refractivity contribution in [2.24, 2.45) is 5.73 Å². The van der Waals surface area contributed by atoms with Crippen molar-refractivity contribution in [3.63, 3.8) is 0 Å². The monoisotopic (exact) mass is 301 g/mol. The maximum Gasteiger partial charge on any atom is 0.419 e. The van der Waals surface area contributed by atoms with Crippen LogP contribution in [0.2, 0.25) is 0 Å². The Labute approximate surface area is 118 Å². The Hall–Kier alpha value is -1.95. The minimum Gasteiger partial charge on any atom is -0.320 e. The summed E-state index contributed by atoms with van der Waals surface area (Å²) in [4.78, 5) is 0. The molecule has 0 bridgehead atoms. The second-order valence-corrected chi connectivity index (χ2v) is 4.72. The standard InChI is InChI=1S/C15H12F5N/c1-8-6-10(16)3-4-11(8)14(21)9-2-5-12(13(17)7-9)15(18,19)20/h2-7,14H,21H2,1H3. The lowest BCUT2D eigenvalue weighted by Crippen LogP contribution is -2.15. The number of nitrogens with two attached hydrogens (primary N) is 1. The Morgan fingerprint density at radius 2 is 1.67 bits per heavy atom. The Balaban J connectivity index is 2.40. The molecular weight excluding hydrogens is 289 g/mol. The molecule has 0 aliphatic heterocycles. The second kappa shape index (κ2) is 5.44. The van der Waals surface area contributed by atoms with Crippen LogP contribution in [-0.4, -0.2) is 0 Å². The van der Waals surface area contributed by atoms with Gasteiger partial charge in [-0.3, -0.25) is 0 Å². The number of benzene rings is 2. The average molecular weight is 301 g/mol. The zero-order valence-electron chi connectivity index (χ0n) is 11.0. The van der Waals surface area contributed by atoms with Crippen LogP contribution in [0.1, 0.15) is 28.3 Å². The van der Waals surface area contributed by atoms with Gasteiger partial charge in [-0.25, -0.2) is 8.78 Å². The van der Waals surface area contributed by atoms with Gasteiger partial charge >= 0.3 is 6.18 Å². The predicted octanol–water partition coefficient (Wildman–Crippen LogP) is 4.34. The maximum absolute atomic E-state index is 13.6. The minimum atomic E-state index is -4.75. The molecule has 1 nitrogen and oxygen atoms in total. The Bertz CT molecular complexity index is 664. The zero-order chi connectivity index (χ0) is 15.8. The summed E-state index contributed by atoms with van der Waals surface area (Å²) in [5.74, 6) is -1.82. The van der Waals surface area contributed by atoms with E-state index in [1.54, 1.807) is 6.92 Å². The molecule has 0 amide bonds. The zero-order valence-corrected chi connectivity index (χ0v) is 11.0. The van der Waals surface area contributed by atoms with Gasteiger partial charge in [0.1, 0.15) is 11.6 Å². The summed E-state index contributed by atoms with van der Waals surface area (Å²) in [5.41, 5.74) is 5.84. The van der Waals surface area contributed by atoms with Gasteiger partial charge in [0.2, 0.25) is 0 Å². The van der Waals surface area contributed by atoms with Crippen LogP contribution in [0, 0.1) is 18.6 Å². The van der Waals surface area contributed by atoms with E-state index in [2.05, 4.69) is 0 Å². The third-order valence-electron chi connectivity index (χ3n) is 3.22. The van der Waals surface area contributed by atoms with Gasteiger partial charge < -0.3 is 5.73 Å². The quantitative estimate of drug-likeness (QED) is 0.820. The first-order chi connectivity index (χ1) is 9.70. The molecule has 1 atom stereocenters. The molecule has 0 spiro atoms. The van der Waals surface area contributed by atoms with Gasteiger partial charge in [0.25, 0.3) is 0 Å². The first kappa shape index (κ1) is 15.4. The molecule has 0 heterocycles. The van der Waals surface area contributed by atoms with Crippen molar-refractivity contribution < 1.29 is 22.0 Å². The third kappa shape index (κ3) is 3.21. The lowest BCUT2D eigenvalue weighted by atomic mass is 9.95. The summed E-state index contributed by atoms with van der Waals surface area (Å²) in [6.45, 7) is 1.62. The molecule has 0 aliphatic rings. The Morgan fingerprint density at radius 3 is 2.19 bits per heavy atom. The number of alkyl halides is 3. The molecule has 2 N–H and O–H groups in total. The number of hydrogen-bond donors (Lipinski definition) is 1. The Kier molecular flexibility index (Phi) is 4.00. The highest BCUT2D eigenvalue weighted by Gasteiger charge is 2.34. The largest absolute Gasteiger partial charge is 0.419 e. The maximum atomic E-state index is 13.6. The fourth-order valence-corrected chi connectivity index (χ4v) is 2.12. The first-order valence-electron chi connectivity index (χ1n) is 6.08. The Morgan fingerprint density at radius 1 is 1.00 bits per heavy atom. The van der Waals surface area contributed by atoms with E-state index in [4.69, 9.17) is 5.73 Å². The molecule has 2 rings (SSSR count). The van der Waals surface area contributed by atoms with Gasteiger partial charge in [-0.15, -0.1) is 0 Å². The van der Waals surface area contributed by atoms with E-state index < -0.39 is 29.4 Å². The molecular formula is C15H12F5N. The molecule has 0 fully saturated rings. The van der Waals surface area contributed by atoms with E-state index in [0.29, 0.717) is 17.2 Å². The van der Waals surface area contributed by atoms with Crippen molar-refractivity contribution >= 4 is 0 Å². The summed E-state index contributed by atoms with van der Waals surface area (Å²) in [7, 11) is 0. The molecule has 0 radical (unpaired) electrons. The van der Waals surface area contributed by atoms with Crippen LogP contribution in [0.25, 0.3) is 0 Å².